The number of rotatable bonds is 6. The molecule has 0 aliphatic carbocycles. The van der Waals surface area contributed by atoms with Crippen molar-refractivity contribution >= 4 is 52.1 Å². The van der Waals surface area contributed by atoms with E-state index in [1.165, 1.54) is 28.0 Å². The van der Waals surface area contributed by atoms with Crippen LogP contribution in [0.25, 0.3) is 5.57 Å². The zero-order chi connectivity index (χ0) is 20.2. The van der Waals surface area contributed by atoms with E-state index in [0.29, 0.717) is 10.8 Å². The lowest BCUT2D eigenvalue weighted by molar-refractivity contribution is -0.163. The van der Waals surface area contributed by atoms with Crippen LogP contribution in [0.5, 0.6) is 0 Å². The number of aliphatic hydroxyl groups is 1. The Morgan fingerprint density at radius 3 is 2.96 bits per heavy atom. The lowest BCUT2D eigenvalue weighted by Gasteiger charge is -2.46. The van der Waals surface area contributed by atoms with Crippen LogP contribution in [-0.2, 0) is 9.59 Å². The molecular formula is C18H20ClN3O4S2. The van der Waals surface area contributed by atoms with E-state index in [1.807, 2.05) is 12.3 Å². The van der Waals surface area contributed by atoms with E-state index < -0.39 is 18.0 Å². The highest BCUT2D eigenvalue weighted by molar-refractivity contribution is 8.04. The standard InChI is InChI=1S/C18H20ClN3O4S2/c1-7-13-12(8(2)23)16(24)22(13)14(17(25)26)15(7)28-18-21-11(6-27-18)9-3-4-20-10(9)5-19/h3,6-8,10,12-13,20,23H,4-5H2,1-2H3,(H,25,26)/t7-,8-,10+,12-,13-/m1/s1. The third-order valence-corrected chi connectivity index (χ3v) is 8.04. The first-order valence-corrected chi connectivity index (χ1v) is 11.2. The highest BCUT2D eigenvalue weighted by Crippen LogP contribution is 2.52. The van der Waals surface area contributed by atoms with Gasteiger partial charge >= 0.3 is 5.97 Å². The molecule has 3 aliphatic rings. The molecule has 3 aliphatic heterocycles. The van der Waals surface area contributed by atoms with Gasteiger partial charge in [-0.3, -0.25) is 4.79 Å². The summed E-state index contributed by atoms with van der Waals surface area (Å²) < 4.78 is 0.722. The van der Waals surface area contributed by atoms with Crippen LogP contribution in [0.4, 0.5) is 0 Å². The summed E-state index contributed by atoms with van der Waals surface area (Å²) in [5.41, 5.74) is 1.91. The number of aromatic nitrogens is 1. The minimum absolute atomic E-state index is 0.0153. The van der Waals surface area contributed by atoms with Crippen molar-refractivity contribution in [2.45, 2.75) is 36.4 Å². The Hall–Kier alpha value is -1.39. The van der Waals surface area contributed by atoms with E-state index in [-0.39, 0.29) is 29.6 Å². The van der Waals surface area contributed by atoms with Gasteiger partial charge in [0.1, 0.15) is 5.70 Å². The lowest BCUT2D eigenvalue weighted by atomic mass is 9.79. The maximum atomic E-state index is 12.4. The number of thioether (sulfide) groups is 1. The van der Waals surface area contributed by atoms with Crippen molar-refractivity contribution < 1.29 is 19.8 Å². The average molecular weight is 442 g/mol. The number of carboxylic acids is 1. The SMILES string of the molecule is C[C@@H](O)[C@H]1C(=O)N2C(C(=O)O)=C(Sc3nc(C4=CCN[C@H]4CCl)cs3)[C@H](C)[C@H]12. The van der Waals surface area contributed by atoms with Crippen LogP contribution < -0.4 is 5.32 Å². The largest absolute Gasteiger partial charge is 0.477 e. The van der Waals surface area contributed by atoms with E-state index in [9.17, 15) is 19.8 Å². The molecule has 7 nitrogen and oxygen atoms in total. The van der Waals surface area contributed by atoms with Gasteiger partial charge in [0, 0.05) is 34.7 Å². The maximum absolute atomic E-state index is 12.4. The number of β-lactam (4-membered cyclic amide) rings is 1. The van der Waals surface area contributed by atoms with Crippen molar-refractivity contribution in [1.82, 2.24) is 15.2 Å². The van der Waals surface area contributed by atoms with Gasteiger partial charge in [-0.1, -0.05) is 24.8 Å². The van der Waals surface area contributed by atoms with E-state index >= 15 is 0 Å². The molecule has 0 spiro atoms. The molecule has 5 atom stereocenters. The lowest BCUT2D eigenvalue weighted by Crippen LogP contribution is -2.63. The Kier molecular flexibility index (Phi) is 5.30. The molecule has 10 heteroatoms. The van der Waals surface area contributed by atoms with Crippen LogP contribution in [0.1, 0.15) is 19.5 Å². The fourth-order valence-electron chi connectivity index (χ4n) is 4.17. The Balaban J connectivity index is 1.61. The quantitative estimate of drug-likeness (QED) is 0.458. The summed E-state index contributed by atoms with van der Waals surface area (Å²) in [6, 6.07) is -0.255. The topological polar surface area (TPSA) is 103 Å². The van der Waals surface area contributed by atoms with Crippen LogP contribution in [-0.4, -0.2) is 62.6 Å². The van der Waals surface area contributed by atoms with Gasteiger partial charge in [0.05, 0.1) is 23.8 Å². The first-order valence-electron chi connectivity index (χ1n) is 8.96. The Labute approximate surface area is 175 Å². The second-order valence-corrected chi connectivity index (χ2v) is 9.60. The molecule has 0 radical (unpaired) electrons. The molecule has 0 aromatic carbocycles. The summed E-state index contributed by atoms with van der Waals surface area (Å²) in [6.07, 6.45) is 1.26. The summed E-state index contributed by atoms with van der Waals surface area (Å²) in [6.45, 7) is 4.22. The molecule has 1 aromatic rings. The van der Waals surface area contributed by atoms with Gasteiger partial charge in [-0.2, -0.15) is 0 Å². The van der Waals surface area contributed by atoms with Crippen molar-refractivity contribution in [3.63, 3.8) is 0 Å². The van der Waals surface area contributed by atoms with Crippen LogP contribution >= 0.6 is 34.7 Å². The number of halogens is 1. The predicted octanol–water partition coefficient (Wildman–Crippen LogP) is 1.98. The van der Waals surface area contributed by atoms with Gasteiger partial charge < -0.3 is 20.4 Å². The van der Waals surface area contributed by atoms with Gasteiger partial charge in [-0.15, -0.1) is 22.9 Å². The van der Waals surface area contributed by atoms with E-state index in [2.05, 4.69) is 16.4 Å². The number of aliphatic carboxylic acids is 1. The molecule has 4 heterocycles. The number of fused-ring (bicyclic) bond motifs is 1. The number of alkyl halides is 1. The van der Waals surface area contributed by atoms with E-state index in [0.717, 1.165) is 22.2 Å². The summed E-state index contributed by atoms with van der Waals surface area (Å²) in [7, 11) is 0. The van der Waals surface area contributed by atoms with Crippen molar-refractivity contribution in [3.05, 3.63) is 27.8 Å². The van der Waals surface area contributed by atoms with Crippen molar-refractivity contribution in [2.75, 3.05) is 12.4 Å². The van der Waals surface area contributed by atoms with E-state index in [1.54, 1.807) is 6.92 Å². The van der Waals surface area contributed by atoms with Crippen LogP contribution in [0.2, 0.25) is 0 Å². The van der Waals surface area contributed by atoms with Crippen molar-refractivity contribution in [1.29, 1.82) is 0 Å². The average Bonchev–Trinajstić information content (AvgIpc) is 3.33. The highest BCUT2D eigenvalue weighted by Gasteiger charge is 2.60. The molecule has 0 unspecified atom stereocenters. The number of nitrogens with zero attached hydrogens (tertiary/aromatic N) is 2. The molecule has 4 rings (SSSR count). The fourth-order valence-corrected chi connectivity index (χ4v) is 6.55. The second kappa shape index (κ2) is 7.46. The van der Waals surface area contributed by atoms with Crippen LogP contribution in [0, 0.1) is 11.8 Å². The molecule has 28 heavy (non-hydrogen) atoms. The number of carboxylic acid groups (broad SMARTS) is 1. The zero-order valence-corrected chi connectivity index (χ0v) is 17.6. The number of carbonyl (C=O) groups is 2. The van der Waals surface area contributed by atoms with Gasteiger partial charge in [0.25, 0.3) is 0 Å². The minimum atomic E-state index is -1.13. The summed E-state index contributed by atoms with van der Waals surface area (Å²) in [5, 5.41) is 24.9. The second-order valence-electron chi connectivity index (χ2n) is 7.15. The Morgan fingerprint density at radius 2 is 2.32 bits per heavy atom. The number of hydrogen-bond acceptors (Lipinski definition) is 7. The van der Waals surface area contributed by atoms with Crippen molar-refractivity contribution in [2.24, 2.45) is 11.8 Å². The molecule has 0 saturated carbocycles. The van der Waals surface area contributed by atoms with Gasteiger partial charge in [0.15, 0.2) is 4.34 Å². The van der Waals surface area contributed by atoms with Gasteiger partial charge in [-0.05, 0) is 12.5 Å². The molecule has 1 amide bonds. The summed E-state index contributed by atoms with van der Waals surface area (Å²) >= 11 is 8.74. The number of carbonyl (C=O) groups excluding carboxylic acids is 1. The summed E-state index contributed by atoms with van der Waals surface area (Å²) in [5.74, 6) is -1.74. The number of amides is 1. The monoisotopic (exact) mass is 441 g/mol. The molecule has 1 aromatic heterocycles. The number of hydrogen-bond donors (Lipinski definition) is 3. The van der Waals surface area contributed by atoms with Crippen molar-refractivity contribution in [3.8, 4) is 0 Å². The highest BCUT2D eigenvalue weighted by atomic mass is 35.5. The van der Waals surface area contributed by atoms with E-state index in [4.69, 9.17) is 11.6 Å². The predicted molar refractivity (Wildman–Crippen MR) is 108 cm³/mol. The smallest absolute Gasteiger partial charge is 0.353 e. The first-order chi connectivity index (χ1) is 13.3. The normalized spacial score (nSPS) is 30.4. The van der Waals surface area contributed by atoms with Gasteiger partial charge in [-0.25, -0.2) is 9.78 Å². The Bertz CT molecular complexity index is 897. The number of thiazole rings is 1. The third-order valence-electron chi connectivity index (χ3n) is 5.50. The maximum Gasteiger partial charge on any atom is 0.353 e. The summed E-state index contributed by atoms with van der Waals surface area (Å²) in [4.78, 5) is 30.9. The zero-order valence-electron chi connectivity index (χ0n) is 15.3. The molecule has 150 valence electrons. The Morgan fingerprint density at radius 1 is 1.57 bits per heavy atom. The first kappa shape index (κ1) is 19.9. The van der Waals surface area contributed by atoms with Gasteiger partial charge in [0.2, 0.25) is 5.91 Å². The number of nitrogens with one attached hydrogen (secondary N) is 1. The molecular weight excluding hydrogens is 422 g/mol. The van der Waals surface area contributed by atoms with Crippen LogP contribution in [0.15, 0.2) is 26.4 Å². The molecule has 1 fully saturated rings. The minimum Gasteiger partial charge on any atom is -0.477 e. The third kappa shape index (κ3) is 3.00. The molecule has 0 bridgehead atoms. The molecule has 1 saturated heterocycles. The fraction of sp³-hybridized carbons (Fsp3) is 0.500. The number of aliphatic hydroxyl groups excluding tert-OH is 1. The van der Waals surface area contributed by atoms with Crippen LogP contribution in [0.3, 0.4) is 0 Å². The molecule has 3 N–H and O–H groups in total.